The second-order valence-electron chi connectivity index (χ2n) is 5.44. The van der Waals surface area contributed by atoms with Gasteiger partial charge in [-0.25, -0.2) is 0 Å². The van der Waals surface area contributed by atoms with E-state index in [1.807, 2.05) is 11.8 Å². The first-order chi connectivity index (χ1) is 9.19. The van der Waals surface area contributed by atoms with Crippen molar-refractivity contribution in [1.29, 1.82) is 0 Å². The highest BCUT2D eigenvalue weighted by Gasteiger charge is 2.18. The molecule has 0 aromatic carbocycles. The van der Waals surface area contributed by atoms with E-state index in [9.17, 15) is 5.11 Å². The molecule has 2 unspecified atom stereocenters. The molecule has 1 saturated heterocycles. The highest BCUT2D eigenvalue weighted by Crippen LogP contribution is 2.32. The third kappa shape index (κ3) is 4.78. The maximum Gasteiger partial charge on any atom is 0.0894 e. The van der Waals surface area contributed by atoms with Crippen LogP contribution < -0.4 is 0 Å². The van der Waals surface area contributed by atoms with Crippen molar-refractivity contribution in [2.24, 2.45) is 5.92 Å². The van der Waals surface area contributed by atoms with E-state index in [1.54, 1.807) is 11.3 Å². The van der Waals surface area contributed by atoms with Crippen LogP contribution in [0, 0.1) is 5.92 Å². The number of piperidine rings is 1. The van der Waals surface area contributed by atoms with Crippen molar-refractivity contribution < 1.29 is 5.11 Å². The molecule has 1 aliphatic heterocycles. The van der Waals surface area contributed by atoms with Gasteiger partial charge in [-0.05, 0) is 49.6 Å². The van der Waals surface area contributed by atoms with Crippen LogP contribution >= 0.6 is 23.1 Å². The molecule has 0 radical (unpaired) electrons. The van der Waals surface area contributed by atoms with Crippen LogP contribution in [-0.2, 0) is 0 Å². The zero-order valence-corrected chi connectivity index (χ0v) is 13.6. The maximum absolute atomic E-state index is 10.3. The minimum Gasteiger partial charge on any atom is -0.388 e. The SMILES string of the molecule is CCSc1ccc(C(O)CCN2CCCC(C)C2)s1. The summed E-state index contributed by atoms with van der Waals surface area (Å²) in [4.78, 5) is 3.63. The standard InChI is InChI=1S/C15H25NOS2/c1-3-18-15-7-6-14(19-15)13(17)8-10-16-9-4-5-12(2)11-16/h6-7,12-13,17H,3-5,8-11H2,1-2H3. The van der Waals surface area contributed by atoms with Gasteiger partial charge in [0.1, 0.15) is 0 Å². The van der Waals surface area contributed by atoms with Crippen molar-refractivity contribution in [3.05, 3.63) is 17.0 Å². The first-order valence-electron chi connectivity index (χ1n) is 7.32. The fraction of sp³-hybridized carbons (Fsp3) is 0.733. The molecule has 4 heteroatoms. The largest absolute Gasteiger partial charge is 0.388 e. The smallest absolute Gasteiger partial charge is 0.0894 e. The maximum atomic E-state index is 10.3. The Morgan fingerprint density at radius 1 is 1.53 bits per heavy atom. The molecular weight excluding hydrogens is 274 g/mol. The van der Waals surface area contributed by atoms with E-state index in [4.69, 9.17) is 0 Å². The molecule has 1 aromatic heterocycles. The molecule has 1 fully saturated rings. The molecule has 2 nitrogen and oxygen atoms in total. The minimum absolute atomic E-state index is 0.284. The molecule has 2 rings (SSSR count). The number of likely N-dealkylation sites (tertiary alicyclic amines) is 1. The average Bonchev–Trinajstić information content (AvgIpc) is 2.85. The van der Waals surface area contributed by atoms with Gasteiger partial charge in [-0.3, -0.25) is 0 Å². The number of hydrogen-bond donors (Lipinski definition) is 1. The predicted molar refractivity (Wildman–Crippen MR) is 85.1 cm³/mol. The minimum atomic E-state index is -0.284. The van der Waals surface area contributed by atoms with Crippen molar-refractivity contribution in [2.45, 2.75) is 43.4 Å². The van der Waals surface area contributed by atoms with Crippen molar-refractivity contribution in [1.82, 2.24) is 4.90 Å². The van der Waals surface area contributed by atoms with E-state index in [0.717, 1.165) is 29.5 Å². The van der Waals surface area contributed by atoms with Gasteiger partial charge in [-0.2, -0.15) is 0 Å². The highest BCUT2D eigenvalue weighted by atomic mass is 32.2. The average molecular weight is 300 g/mol. The molecule has 19 heavy (non-hydrogen) atoms. The van der Waals surface area contributed by atoms with Gasteiger partial charge in [0, 0.05) is 18.0 Å². The van der Waals surface area contributed by atoms with Crippen molar-refractivity contribution in [2.75, 3.05) is 25.4 Å². The number of hydrogen-bond acceptors (Lipinski definition) is 4. The van der Waals surface area contributed by atoms with Crippen LogP contribution in [-0.4, -0.2) is 35.4 Å². The molecule has 0 bridgehead atoms. The number of thiophene rings is 1. The van der Waals surface area contributed by atoms with E-state index in [1.165, 1.54) is 30.1 Å². The fourth-order valence-corrected chi connectivity index (χ4v) is 4.76. The first-order valence-corrected chi connectivity index (χ1v) is 9.12. The van der Waals surface area contributed by atoms with Crippen LogP contribution in [0.15, 0.2) is 16.3 Å². The summed E-state index contributed by atoms with van der Waals surface area (Å²) in [5.41, 5.74) is 0. The monoisotopic (exact) mass is 299 g/mol. The quantitative estimate of drug-likeness (QED) is 0.803. The second-order valence-corrected chi connectivity index (χ2v) is 8.12. The van der Waals surface area contributed by atoms with Gasteiger partial charge in [-0.15, -0.1) is 23.1 Å². The van der Waals surface area contributed by atoms with Crippen LogP contribution in [0.5, 0.6) is 0 Å². The number of thioether (sulfide) groups is 1. The second kappa shape index (κ2) is 7.67. The Bertz CT molecular complexity index is 380. The Kier molecular flexibility index (Phi) is 6.20. The van der Waals surface area contributed by atoms with E-state index in [0.29, 0.717) is 0 Å². The summed E-state index contributed by atoms with van der Waals surface area (Å²) in [6.45, 7) is 7.93. The lowest BCUT2D eigenvalue weighted by Crippen LogP contribution is -2.35. The third-order valence-electron chi connectivity index (χ3n) is 3.68. The Balaban J connectivity index is 1.78. The molecule has 1 N–H and O–H groups in total. The lowest BCUT2D eigenvalue weighted by molar-refractivity contribution is 0.124. The lowest BCUT2D eigenvalue weighted by Gasteiger charge is -2.31. The number of nitrogens with zero attached hydrogens (tertiary/aromatic N) is 1. The highest BCUT2D eigenvalue weighted by molar-refractivity contribution is 8.01. The number of rotatable bonds is 6. The Morgan fingerprint density at radius 2 is 2.37 bits per heavy atom. The van der Waals surface area contributed by atoms with E-state index in [2.05, 4.69) is 30.9 Å². The van der Waals surface area contributed by atoms with Crippen molar-refractivity contribution in [3.63, 3.8) is 0 Å². The molecule has 2 atom stereocenters. The van der Waals surface area contributed by atoms with Crippen LogP contribution in [0.1, 0.15) is 44.1 Å². The van der Waals surface area contributed by atoms with Gasteiger partial charge in [0.2, 0.25) is 0 Å². The summed E-state index contributed by atoms with van der Waals surface area (Å²) in [5.74, 6) is 1.92. The lowest BCUT2D eigenvalue weighted by atomic mass is 10.00. The summed E-state index contributed by atoms with van der Waals surface area (Å²) >= 11 is 3.60. The van der Waals surface area contributed by atoms with Crippen LogP contribution in [0.4, 0.5) is 0 Å². The molecule has 0 saturated carbocycles. The molecule has 1 aromatic rings. The molecule has 1 aliphatic rings. The van der Waals surface area contributed by atoms with Crippen LogP contribution in [0.3, 0.4) is 0 Å². The van der Waals surface area contributed by atoms with Gasteiger partial charge in [-0.1, -0.05) is 13.8 Å². The van der Waals surface area contributed by atoms with Crippen LogP contribution in [0.25, 0.3) is 0 Å². The summed E-state index contributed by atoms with van der Waals surface area (Å²) in [6.07, 6.45) is 3.26. The molecule has 0 aliphatic carbocycles. The summed E-state index contributed by atoms with van der Waals surface area (Å²) < 4.78 is 1.32. The molecule has 108 valence electrons. The van der Waals surface area contributed by atoms with E-state index < -0.39 is 0 Å². The predicted octanol–water partition coefficient (Wildman–Crippen LogP) is 4.02. The zero-order valence-electron chi connectivity index (χ0n) is 12.0. The van der Waals surface area contributed by atoms with Gasteiger partial charge >= 0.3 is 0 Å². The Labute approximate surface area is 125 Å². The van der Waals surface area contributed by atoms with Gasteiger partial charge in [0.25, 0.3) is 0 Å². The summed E-state index contributed by atoms with van der Waals surface area (Å²) in [6, 6.07) is 4.23. The van der Waals surface area contributed by atoms with E-state index >= 15 is 0 Å². The van der Waals surface area contributed by atoms with Crippen LogP contribution in [0.2, 0.25) is 0 Å². The number of aliphatic hydroxyl groups excluding tert-OH is 1. The molecule has 0 spiro atoms. The zero-order chi connectivity index (χ0) is 13.7. The topological polar surface area (TPSA) is 23.5 Å². The fourth-order valence-electron chi connectivity index (χ4n) is 2.67. The number of aliphatic hydroxyl groups is 1. The third-order valence-corrected chi connectivity index (χ3v) is 5.97. The molecular formula is C15H25NOS2. The van der Waals surface area contributed by atoms with Crippen molar-refractivity contribution in [3.8, 4) is 0 Å². The summed E-state index contributed by atoms with van der Waals surface area (Å²) in [7, 11) is 0. The Hall–Kier alpha value is -0.0300. The summed E-state index contributed by atoms with van der Waals surface area (Å²) in [5, 5.41) is 10.3. The first kappa shape index (κ1) is 15.4. The van der Waals surface area contributed by atoms with Crippen molar-refractivity contribution >= 4 is 23.1 Å². The normalized spacial score (nSPS) is 22.6. The van der Waals surface area contributed by atoms with E-state index in [-0.39, 0.29) is 6.10 Å². The molecule has 2 heterocycles. The Morgan fingerprint density at radius 3 is 3.11 bits per heavy atom. The van der Waals surface area contributed by atoms with Gasteiger partial charge in [0.05, 0.1) is 10.3 Å². The van der Waals surface area contributed by atoms with Gasteiger partial charge in [0.15, 0.2) is 0 Å². The molecule has 0 amide bonds. The van der Waals surface area contributed by atoms with Gasteiger partial charge < -0.3 is 10.0 Å².